The van der Waals surface area contributed by atoms with Crippen LogP contribution in [0.15, 0.2) is 109 Å². The molecular weight excluding hydrogens is 564 g/mol. The van der Waals surface area contributed by atoms with Gasteiger partial charge in [-0.2, -0.15) is 0 Å². The smallest absolute Gasteiger partial charge is 0.328 e. The second-order valence-corrected chi connectivity index (χ2v) is 11.4. The predicted molar refractivity (Wildman–Crippen MR) is 175 cm³/mol. The maximum absolute atomic E-state index is 13.2. The second-order valence-electron chi connectivity index (χ2n) is 11.4. The Balaban J connectivity index is 1.17. The Labute approximate surface area is 265 Å². The predicted octanol–water partition coefficient (Wildman–Crippen LogP) is 6.71. The molecule has 0 aliphatic heterocycles. The summed E-state index contributed by atoms with van der Waals surface area (Å²) in [4.78, 5) is 41.0. The number of carbonyl (C=O) groups excluding carboxylic acids is 3. The molecule has 0 aromatic heterocycles. The molecule has 4 aromatic rings. The topological polar surface area (TPSA) is 84.9 Å². The van der Waals surface area contributed by atoms with E-state index >= 15 is 0 Å². The molecule has 5 rings (SSSR count). The van der Waals surface area contributed by atoms with Crippen LogP contribution in [0.25, 0.3) is 0 Å². The van der Waals surface area contributed by atoms with Crippen molar-refractivity contribution in [3.63, 3.8) is 0 Å². The minimum Gasteiger partial charge on any atom is -0.494 e. The molecule has 1 N–H and O–H groups in total. The standard InChI is InChI=1S/C38H40N2O5/c1-44-38(43)35(39-34-19-9-8-18-33(34)36(41)30-14-6-3-7-15-30)26-28-20-22-32(23-21-28)45-25-11-24-40(37(42)31-16-10-17-31)27-29-12-4-2-5-13-29/h2-9,12-15,18-23,31,35,39H,10-11,16-17,24-27H2,1H3/t35-/m0/s1. The highest BCUT2D eigenvalue weighted by molar-refractivity contribution is 6.12. The molecule has 0 unspecified atom stereocenters. The van der Waals surface area contributed by atoms with E-state index < -0.39 is 12.0 Å². The number of anilines is 1. The lowest BCUT2D eigenvalue weighted by Gasteiger charge is -2.32. The van der Waals surface area contributed by atoms with Crippen LogP contribution >= 0.6 is 0 Å². The van der Waals surface area contributed by atoms with Gasteiger partial charge in [0.15, 0.2) is 5.78 Å². The number of para-hydroxylation sites is 1. The fourth-order valence-electron chi connectivity index (χ4n) is 5.46. The van der Waals surface area contributed by atoms with Crippen molar-refractivity contribution in [2.24, 2.45) is 5.92 Å². The van der Waals surface area contributed by atoms with Gasteiger partial charge in [-0.25, -0.2) is 4.79 Å². The van der Waals surface area contributed by atoms with Gasteiger partial charge in [-0.1, -0.05) is 91.3 Å². The van der Waals surface area contributed by atoms with Crippen LogP contribution in [0.5, 0.6) is 5.75 Å². The monoisotopic (exact) mass is 604 g/mol. The number of ketones is 1. The summed E-state index contributed by atoms with van der Waals surface area (Å²) >= 11 is 0. The first-order valence-corrected chi connectivity index (χ1v) is 15.6. The van der Waals surface area contributed by atoms with Gasteiger partial charge >= 0.3 is 5.97 Å². The van der Waals surface area contributed by atoms with Gasteiger partial charge in [0.2, 0.25) is 5.91 Å². The number of hydrogen-bond acceptors (Lipinski definition) is 6. The summed E-state index contributed by atoms with van der Waals surface area (Å²) in [6.45, 7) is 1.75. The van der Waals surface area contributed by atoms with E-state index in [-0.39, 0.29) is 17.6 Å². The number of hydrogen-bond donors (Lipinski definition) is 1. The Morgan fingerprint density at radius 2 is 1.49 bits per heavy atom. The van der Waals surface area contributed by atoms with E-state index in [1.807, 2.05) is 71.6 Å². The van der Waals surface area contributed by atoms with Gasteiger partial charge in [-0.15, -0.1) is 0 Å². The van der Waals surface area contributed by atoms with Crippen LogP contribution in [0.2, 0.25) is 0 Å². The lowest BCUT2D eigenvalue weighted by molar-refractivity contribution is -0.141. The molecule has 1 aliphatic carbocycles. The van der Waals surface area contributed by atoms with E-state index in [1.54, 1.807) is 30.3 Å². The lowest BCUT2D eigenvalue weighted by Crippen LogP contribution is -2.39. The van der Waals surface area contributed by atoms with Gasteiger partial charge in [-0.05, 0) is 54.7 Å². The van der Waals surface area contributed by atoms with Crippen molar-refractivity contribution in [2.45, 2.75) is 44.7 Å². The van der Waals surface area contributed by atoms with Crippen molar-refractivity contribution in [1.82, 2.24) is 4.90 Å². The molecule has 4 aromatic carbocycles. The third kappa shape index (κ3) is 8.60. The zero-order chi connectivity index (χ0) is 31.4. The molecule has 1 amide bonds. The van der Waals surface area contributed by atoms with Crippen molar-refractivity contribution >= 4 is 23.3 Å². The molecule has 232 valence electrons. The van der Waals surface area contributed by atoms with Crippen molar-refractivity contribution in [1.29, 1.82) is 0 Å². The quantitative estimate of drug-likeness (QED) is 0.0922. The number of amides is 1. The van der Waals surface area contributed by atoms with Crippen molar-refractivity contribution in [3.05, 3.63) is 131 Å². The van der Waals surface area contributed by atoms with Crippen LogP contribution in [0.3, 0.4) is 0 Å². The summed E-state index contributed by atoms with van der Waals surface area (Å²) < 4.78 is 11.1. The zero-order valence-electron chi connectivity index (χ0n) is 25.7. The van der Waals surface area contributed by atoms with E-state index in [2.05, 4.69) is 17.4 Å². The van der Waals surface area contributed by atoms with Gasteiger partial charge < -0.3 is 19.7 Å². The van der Waals surface area contributed by atoms with Crippen LogP contribution in [-0.4, -0.2) is 48.9 Å². The molecule has 0 bridgehead atoms. The number of esters is 1. The number of methoxy groups -OCH3 is 1. The highest BCUT2D eigenvalue weighted by Gasteiger charge is 2.29. The number of nitrogens with one attached hydrogen (secondary N) is 1. The minimum absolute atomic E-state index is 0.126. The highest BCUT2D eigenvalue weighted by Crippen LogP contribution is 2.29. The number of nitrogens with zero attached hydrogens (tertiary/aromatic N) is 1. The zero-order valence-corrected chi connectivity index (χ0v) is 25.7. The molecule has 1 saturated carbocycles. The molecule has 1 atom stereocenters. The minimum atomic E-state index is -0.699. The van der Waals surface area contributed by atoms with Crippen LogP contribution in [0.4, 0.5) is 5.69 Å². The average Bonchev–Trinajstić information content (AvgIpc) is 3.06. The van der Waals surface area contributed by atoms with Crippen molar-refractivity contribution in [3.8, 4) is 5.75 Å². The summed E-state index contributed by atoms with van der Waals surface area (Å²) in [5.41, 5.74) is 3.67. The fraction of sp³-hybridized carbons (Fsp3) is 0.289. The van der Waals surface area contributed by atoms with Crippen LogP contribution in [0, 0.1) is 5.92 Å². The Morgan fingerprint density at radius 3 is 2.16 bits per heavy atom. The summed E-state index contributed by atoms with van der Waals surface area (Å²) in [5, 5.41) is 3.25. The molecular formula is C38H40N2O5. The second kappa shape index (κ2) is 15.7. The first-order chi connectivity index (χ1) is 22.0. The fourth-order valence-corrected chi connectivity index (χ4v) is 5.46. The third-order valence-corrected chi connectivity index (χ3v) is 8.21. The van der Waals surface area contributed by atoms with E-state index in [4.69, 9.17) is 9.47 Å². The van der Waals surface area contributed by atoms with Crippen LogP contribution < -0.4 is 10.1 Å². The summed E-state index contributed by atoms with van der Waals surface area (Å²) in [5.74, 6) is 0.576. The molecule has 45 heavy (non-hydrogen) atoms. The van der Waals surface area contributed by atoms with Gasteiger partial charge in [0.05, 0.1) is 13.7 Å². The third-order valence-electron chi connectivity index (χ3n) is 8.21. The maximum Gasteiger partial charge on any atom is 0.328 e. The number of carbonyl (C=O) groups is 3. The Kier molecular flexibility index (Phi) is 11.0. The number of rotatable bonds is 15. The summed E-state index contributed by atoms with van der Waals surface area (Å²) in [6, 6.07) is 33.3. The maximum atomic E-state index is 13.2. The van der Waals surface area contributed by atoms with Gasteiger partial charge in [0.25, 0.3) is 0 Å². The summed E-state index contributed by atoms with van der Waals surface area (Å²) in [6.07, 6.45) is 4.18. The van der Waals surface area contributed by atoms with E-state index in [9.17, 15) is 14.4 Å². The van der Waals surface area contributed by atoms with Crippen LogP contribution in [-0.2, 0) is 27.3 Å². The van der Waals surface area contributed by atoms with Crippen molar-refractivity contribution < 1.29 is 23.9 Å². The van der Waals surface area contributed by atoms with E-state index in [1.165, 1.54) is 7.11 Å². The molecule has 1 aliphatic rings. The Morgan fingerprint density at radius 1 is 0.822 bits per heavy atom. The molecule has 0 spiro atoms. The summed E-state index contributed by atoms with van der Waals surface area (Å²) in [7, 11) is 1.36. The SMILES string of the molecule is COC(=O)[C@H](Cc1ccc(OCCCN(Cc2ccccc2)C(=O)C2CCC2)cc1)Nc1ccccc1C(=O)c1ccccc1. The normalized spacial score (nSPS) is 13.3. The van der Waals surface area contributed by atoms with Gasteiger partial charge in [-0.3, -0.25) is 9.59 Å². The lowest BCUT2D eigenvalue weighted by atomic mass is 9.84. The van der Waals surface area contributed by atoms with Crippen molar-refractivity contribution in [2.75, 3.05) is 25.6 Å². The molecule has 1 fully saturated rings. The molecule has 7 heteroatoms. The number of ether oxygens (including phenoxy) is 2. The largest absolute Gasteiger partial charge is 0.494 e. The molecule has 0 heterocycles. The average molecular weight is 605 g/mol. The highest BCUT2D eigenvalue weighted by atomic mass is 16.5. The van der Waals surface area contributed by atoms with Gasteiger partial charge in [0, 0.05) is 42.2 Å². The van der Waals surface area contributed by atoms with E-state index in [0.717, 1.165) is 42.6 Å². The Bertz CT molecular complexity index is 1550. The molecule has 7 nitrogen and oxygen atoms in total. The van der Waals surface area contributed by atoms with Crippen LogP contribution in [0.1, 0.15) is 52.7 Å². The first kappa shape index (κ1) is 31.5. The molecule has 0 saturated heterocycles. The van der Waals surface area contributed by atoms with E-state index in [0.29, 0.717) is 42.9 Å². The Hall–Kier alpha value is -4.91. The number of benzene rings is 4. The van der Waals surface area contributed by atoms with Gasteiger partial charge in [0.1, 0.15) is 11.8 Å². The molecule has 0 radical (unpaired) electrons. The first-order valence-electron chi connectivity index (χ1n) is 15.6.